The van der Waals surface area contributed by atoms with Crippen LogP contribution in [0.1, 0.15) is 19.4 Å². The van der Waals surface area contributed by atoms with Gasteiger partial charge in [0, 0.05) is 6.54 Å². The Balaban J connectivity index is 2.32. The molecule has 0 heterocycles. The molecule has 0 unspecified atom stereocenters. The molecule has 0 spiro atoms. The molecule has 4 heteroatoms. The Morgan fingerprint density at radius 2 is 2.00 bits per heavy atom. The molecule has 1 rings (SSSR count). The standard InChI is InChI=1S/C11H14N2O2/c1-9(2)13-15-11(14)12-8-10-6-4-3-5-7-10/h3-7H,8H2,1-2H3,(H,12,14). The molecule has 1 aromatic carbocycles. The molecule has 15 heavy (non-hydrogen) atoms. The first-order valence-corrected chi connectivity index (χ1v) is 4.68. The van der Waals surface area contributed by atoms with Gasteiger partial charge in [0.25, 0.3) is 0 Å². The fraction of sp³-hybridized carbons (Fsp3) is 0.273. The zero-order valence-electron chi connectivity index (χ0n) is 8.86. The van der Waals surface area contributed by atoms with Gasteiger partial charge in [-0.1, -0.05) is 35.5 Å². The van der Waals surface area contributed by atoms with Crippen LogP contribution in [-0.4, -0.2) is 11.8 Å². The van der Waals surface area contributed by atoms with E-state index in [2.05, 4.69) is 15.3 Å². The average molecular weight is 206 g/mol. The summed E-state index contributed by atoms with van der Waals surface area (Å²) >= 11 is 0. The second-order valence-electron chi connectivity index (χ2n) is 3.26. The van der Waals surface area contributed by atoms with Crippen molar-refractivity contribution in [3.63, 3.8) is 0 Å². The number of rotatable bonds is 3. The highest BCUT2D eigenvalue weighted by atomic mass is 16.7. The molecule has 0 aliphatic heterocycles. The minimum absolute atomic E-state index is 0.442. The fourth-order valence-electron chi connectivity index (χ4n) is 0.935. The van der Waals surface area contributed by atoms with Gasteiger partial charge in [0.2, 0.25) is 0 Å². The zero-order valence-corrected chi connectivity index (χ0v) is 8.86. The van der Waals surface area contributed by atoms with Crippen molar-refractivity contribution in [3.8, 4) is 0 Å². The maximum Gasteiger partial charge on any atom is 0.433 e. The van der Waals surface area contributed by atoms with Gasteiger partial charge in [0.05, 0.1) is 5.71 Å². The number of carbonyl (C=O) groups is 1. The number of hydrogen-bond acceptors (Lipinski definition) is 3. The molecule has 0 radical (unpaired) electrons. The summed E-state index contributed by atoms with van der Waals surface area (Å²) in [7, 11) is 0. The van der Waals surface area contributed by atoms with Crippen LogP contribution in [0.2, 0.25) is 0 Å². The Labute approximate surface area is 88.9 Å². The van der Waals surface area contributed by atoms with Crippen molar-refractivity contribution in [2.45, 2.75) is 20.4 Å². The van der Waals surface area contributed by atoms with Gasteiger partial charge in [-0.25, -0.2) is 4.79 Å². The molecule has 0 aromatic heterocycles. The van der Waals surface area contributed by atoms with Gasteiger partial charge in [0.15, 0.2) is 0 Å². The van der Waals surface area contributed by atoms with Crippen molar-refractivity contribution in [3.05, 3.63) is 35.9 Å². The van der Waals surface area contributed by atoms with Crippen molar-refractivity contribution in [1.82, 2.24) is 5.32 Å². The summed E-state index contributed by atoms with van der Waals surface area (Å²) in [5, 5.41) is 6.13. The maximum atomic E-state index is 11.1. The summed E-state index contributed by atoms with van der Waals surface area (Å²) in [5.74, 6) is 0. The maximum absolute atomic E-state index is 11.1. The van der Waals surface area contributed by atoms with Crippen LogP contribution in [0.4, 0.5) is 4.79 Å². The summed E-state index contributed by atoms with van der Waals surface area (Å²) < 4.78 is 0. The SMILES string of the molecule is CC(C)=NOC(=O)NCc1ccccc1. The van der Waals surface area contributed by atoms with Crippen LogP contribution in [0.15, 0.2) is 35.5 Å². The van der Waals surface area contributed by atoms with Crippen molar-refractivity contribution >= 4 is 11.8 Å². The second kappa shape index (κ2) is 5.80. The van der Waals surface area contributed by atoms with Gasteiger partial charge in [-0.3, -0.25) is 4.84 Å². The van der Waals surface area contributed by atoms with Crippen LogP contribution in [0.5, 0.6) is 0 Å². The summed E-state index contributed by atoms with van der Waals surface area (Å²) in [5.41, 5.74) is 1.72. The molecule has 1 aromatic rings. The van der Waals surface area contributed by atoms with E-state index in [9.17, 15) is 4.79 Å². The van der Waals surface area contributed by atoms with Gasteiger partial charge in [-0.2, -0.15) is 0 Å². The first kappa shape index (κ1) is 11.2. The predicted molar refractivity (Wildman–Crippen MR) is 58.5 cm³/mol. The smallest absolute Gasteiger partial charge is 0.316 e. The Morgan fingerprint density at radius 3 is 2.60 bits per heavy atom. The Bertz CT molecular complexity index is 343. The lowest BCUT2D eigenvalue weighted by Crippen LogP contribution is -2.22. The molecule has 0 fully saturated rings. The quantitative estimate of drug-likeness (QED) is 0.468. The molecule has 4 nitrogen and oxygen atoms in total. The summed E-state index contributed by atoms with van der Waals surface area (Å²) in [6.45, 7) is 3.95. The highest BCUT2D eigenvalue weighted by molar-refractivity contribution is 5.79. The number of hydrogen-bond donors (Lipinski definition) is 1. The summed E-state index contributed by atoms with van der Waals surface area (Å²) in [4.78, 5) is 15.6. The van der Waals surface area contributed by atoms with E-state index in [-0.39, 0.29) is 0 Å². The Kier molecular flexibility index (Phi) is 4.34. The molecule has 1 amide bonds. The van der Waals surface area contributed by atoms with E-state index < -0.39 is 6.09 Å². The lowest BCUT2D eigenvalue weighted by atomic mass is 10.2. The van der Waals surface area contributed by atoms with Crippen molar-refractivity contribution in [1.29, 1.82) is 0 Å². The molecule has 0 saturated heterocycles. The van der Waals surface area contributed by atoms with E-state index >= 15 is 0 Å². The summed E-state index contributed by atoms with van der Waals surface area (Å²) in [6.07, 6.45) is -0.542. The monoisotopic (exact) mass is 206 g/mol. The number of nitrogens with zero attached hydrogens (tertiary/aromatic N) is 1. The second-order valence-corrected chi connectivity index (χ2v) is 3.26. The van der Waals surface area contributed by atoms with E-state index in [0.29, 0.717) is 12.3 Å². The van der Waals surface area contributed by atoms with Crippen LogP contribution in [-0.2, 0) is 11.4 Å². The number of benzene rings is 1. The molecule has 80 valence electrons. The van der Waals surface area contributed by atoms with Gasteiger partial charge >= 0.3 is 6.09 Å². The van der Waals surface area contributed by atoms with Crippen molar-refractivity contribution in [2.75, 3.05) is 0 Å². The minimum atomic E-state index is -0.542. The molecule has 0 bridgehead atoms. The first-order valence-electron chi connectivity index (χ1n) is 4.68. The van der Waals surface area contributed by atoms with Crippen molar-refractivity contribution in [2.24, 2.45) is 5.16 Å². The van der Waals surface area contributed by atoms with Crippen LogP contribution >= 0.6 is 0 Å². The fourth-order valence-corrected chi connectivity index (χ4v) is 0.935. The van der Waals surface area contributed by atoms with E-state index in [1.807, 2.05) is 30.3 Å². The van der Waals surface area contributed by atoms with Crippen LogP contribution in [0.25, 0.3) is 0 Å². The van der Waals surface area contributed by atoms with E-state index in [0.717, 1.165) is 5.56 Å². The molecular formula is C11H14N2O2. The van der Waals surface area contributed by atoms with E-state index in [1.165, 1.54) is 0 Å². The third-order valence-corrected chi connectivity index (χ3v) is 1.59. The third-order valence-electron chi connectivity index (χ3n) is 1.59. The number of oxime groups is 1. The van der Waals surface area contributed by atoms with Gasteiger partial charge < -0.3 is 5.32 Å². The number of carbonyl (C=O) groups excluding carboxylic acids is 1. The highest BCUT2D eigenvalue weighted by Crippen LogP contribution is 1.97. The first-order chi connectivity index (χ1) is 7.18. The predicted octanol–water partition coefficient (Wildman–Crippen LogP) is 2.31. The third kappa shape index (κ3) is 4.81. The van der Waals surface area contributed by atoms with Crippen molar-refractivity contribution < 1.29 is 9.63 Å². The zero-order chi connectivity index (χ0) is 11.1. The molecular weight excluding hydrogens is 192 g/mol. The highest BCUT2D eigenvalue weighted by Gasteiger charge is 2.00. The molecule has 0 aliphatic carbocycles. The van der Waals surface area contributed by atoms with Gasteiger partial charge in [0.1, 0.15) is 0 Å². The van der Waals surface area contributed by atoms with Gasteiger partial charge in [-0.05, 0) is 19.4 Å². The molecule has 0 aliphatic rings. The topological polar surface area (TPSA) is 50.7 Å². The minimum Gasteiger partial charge on any atom is -0.316 e. The van der Waals surface area contributed by atoms with Gasteiger partial charge in [-0.15, -0.1) is 0 Å². The number of amides is 1. The largest absolute Gasteiger partial charge is 0.433 e. The lowest BCUT2D eigenvalue weighted by Gasteiger charge is -2.02. The van der Waals surface area contributed by atoms with Crippen LogP contribution < -0.4 is 5.32 Å². The van der Waals surface area contributed by atoms with Crippen LogP contribution in [0.3, 0.4) is 0 Å². The lowest BCUT2D eigenvalue weighted by molar-refractivity contribution is 0.150. The normalized spacial score (nSPS) is 9.20. The van der Waals surface area contributed by atoms with E-state index in [4.69, 9.17) is 0 Å². The molecule has 0 saturated carbocycles. The van der Waals surface area contributed by atoms with Crippen LogP contribution in [0, 0.1) is 0 Å². The summed E-state index contributed by atoms with van der Waals surface area (Å²) in [6, 6.07) is 9.60. The Morgan fingerprint density at radius 1 is 1.33 bits per heavy atom. The van der Waals surface area contributed by atoms with E-state index in [1.54, 1.807) is 13.8 Å². The average Bonchev–Trinajstić information content (AvgIpc) is 2.25. The Hall–Kier alpha value is -1.84. The molecule has 1 N–H and O–H groups in total. The molecule has 0 atom stereocenters. The number of nitrogens with one attached hydrogen (secondary N) is 1.